The SMILES string of the molecule is Cn1c(=O)n(C)c2cc(Nc3nc(F)ncc3Cl)ccc21. The van der Waals surface area contributed by atoms with Gasteiger partial charge in [-0.15, -0.1) is 0 Å². The number of rotatable bonds is 2. The number of aromatic nitrogens is 4. The van der Waals surface area contributed by atoms with Gasteiger partial charge in [-0.3, -0.25) is 9.13 Å². The summed E-state index contributed by atoms with van der Waals surface area (Å²) in [6.07, 6.45) is 0.318. The standard InChI is InChI=1S/C13H11ClFN5O/c1-19-9-4-3-7(5-10(9)20(2)13(19)21)17-11-8(14)6-16-12(15)18-11/h3-6H,1-2H3,(H,16,17,18). The molecule has 6 nitrogen and oxygen atoms in total. The van der Waals surface area contributed by atoms with Crippen molar-refractivity contribution in [1.82, 2.24) is 19.1 Å². The van der Waals surface area contributed by atoms with Gasteiger partial charge < -0.3 is 5.32 Å². The summed E-state index contributed by atoms with van der Waals surface area (Å²) in [6, 6.07) is 5.33. The number of nitrogens with one attached hydrogen (secondary N) is 1. The summed E-state index contributed by atoms with van der Waals surface area (Å²) >= 11 is 5.91. The molecule has 21 heavy (non-hydrogen) atoms. The van der Waals surface area contributed by atoms with Gasteiger partial charge in [-0.25, -0.2) is 9.78 Å². The quantitative estimate of drug-likeness (QED) is 0.737. The van der Waals surface area contributed by atoms with E-state index in [9.17, 15) is 9.18 Å². The summed E-state index contributed by atoms with van der Waals surface area (Å²) in [6.45, 7) is 0. The molecule has 2 heterocycles. The average molecular weight is 308 g/mol. The van der Waals surface area contributed by atoms with E-state index in [1.54, 1.807) is 36.9 Å². The Balaban J connectivity index is 2.08. The molecule has 0 aliphatic heterocycles. The second-order valence-electron chi connectivity index (χ2n) is 4.56. The molecular formula is C13H11ClFN5O. The highest BCUT2D eigenvalue weighted by atomic mass is 35.5. The Morgan fingerprint density at radius 1 is 1.24 bits per heavy atom. The highest BCUT2D eigenvalue weighted by Gasteiger charge is 2.10. The van der Waals surface area contributed by atoms with Crippen molar-refractivity contribution in [3.63, 3.8) is 0 Å². The molecule has 8 heteroatoms. The molecule has 3 rings (SSSR count). The summed E-state index contributed by atoms with van der Waals surface area (Å²) in [5, 5.41) is 3.12. The summed E-state index contributed by atoms with van der Waals surface area (Å²) < 4.78 is 16.1. The van der Waals surface area contributed by atoms with Crippen molar-refractivity contribution in [2.24, 2.45) is 14.1 Å². The molecule has 0 amide bonds. The molecule has 108 valence electrons. The van der Waals surface area contributed by atoms with Crippen molar-refractivity contribution >= 4 is 34.1 Å². The molecule has 0 saturated heterocycles. The minimum Gasteiger partial charge on any atom is -0.339 e. The van der Waals surface area contributed by atoms with Crippen molar-refractivity contribution in [2.45, 2.75) is 0 Å². The van der Waals surface area contributed by atoms with Gasteiger partial charge in [-0.1, -0.05) is 11.6 Å². The Kier molecular flexibility index (Phi) is 3.13. The number of imidazole rings is 1. The van der Waals surface area contributed by atoms with Crippen LogP contribution in [-0.4, -0.2) is 19.1 Å². The lowest BCUT2D eigenvalue weighted by Gasteiger charge is -2.07. The van der Waals surface area contributed by atoms with Crippen LogP contribution in [-0.2, 0) is 14.1 Å². The van der Waals surface area contributed by atoms with Gasteiger partial charge in [0.1, 0.15) is 5.02 Å². The fourth-order valence-corrected chi connectivity index (χ4v) is 2.29. The molecule has 0 fully saturated rings. The molecule has 0 unspecified atom stereocenters. The molecular weight excluding hydrogens is 297 g/mol. The third-order valence-electron chi connectivity index (χ3n) is 3.25. The second kappa shape index (κ2) is 4.85. The lowest BCUT2D eigenvalue weighted by Crippen LogP contribution is -2.19. The average Bonchev–Trinajstić information content (AvgIpc) is 2.68. The molecule has 0 bridgehead atoms. The van der Waals surface area contributed by atoms with E-state index in [1.807, 2.05) is 0 Å². The lowest BCUT2D eigenvalue weighted by atomic mass is 10.2. The first kappa shape index (κ1) is 13.6. The van der Waals surface area contributed by atoms with Crippen LogP contribution in [0.2, 0.25) is 5.02 Å². The second-order valence-corrected chi connectivity index (χ2v) is 4.97. The zero-order valence-electron chi connectivity index (χ0n) is 11.3. The van der Waals surface area contributed by atoms with Crippen molar-refractivity contribution in [2.75, 3.05) is 5.32 Å². The van der Waals surface area contributed by atoms with Crippen LogP contribution in [0.15, 0.2) is 29.2 Å². The maximum Gasteiger partial charge on any atom is 0.328 e. The summed E-state index contributed by atoms with van der Waals surface area (Å²) in [7, 11) is 3.39. The highest BCUT2D eigenvalue weighted by molar-refractivity contribution is 6.32. The zero-order chi connectivity index (χ0) is 15.1. The lowest BCUT2D eigenvalue weighted by molar-refractivity contribution is 0.540. The minimum atomic E-state index is -0.866. The van der Waals surface area contributed by atoms with Gasteiger partial charge >= 0.3 is 11.8 Å². The molecule has 0 saturated carbocycles. The van der Waals surface area contributed by atoms with E-state index in [4.69, 9.17) is 11.6 Å². The van der Waals surface area contributed by atoms with Gasteiger partial charge in [0.05, 0.1) is 17.2 Å². The Morgan fingerprint density at radius 2 is 1.95 bits per heavy atom. The fourth-order valence-electron chi connectivity index (χ4n) is 2.15. The van der Waals surface area contributed by atoms with E-state index < -0.39 is 6.08 Å². The van der Waals surface area contributed by atoms with Gasteiger partial charge in [0.2, 0.25) is 0 Å². The topological polar surface area (TPSA) is 64.7 Å². The monoisotopic (exact) mass is 307 g/mol. The molecule has 0 aliphatic carbocycles. The van der Waals surface area contributed by atoms with Crippen LogP contribution in [0, 0.1) is 6.08 Å². The molecule has 0 spiro atoms. The minimum absolute atomic E-state index is 0.117. The van der Waals surface area contributed by atoms with Gasteiger partial charge in [0, 0.05) is 19.8 Å². The first-order chi connectivity index (χ1) is 9.97. The van der Waals surface area contributed by atoms with Crippen LogP contribution >= 0.6 is 11.6 Å². The van der Waals surface area contributed by atoms with E-state index in [1.165, 1.54) is 10.8 Å². The van der Waals surface area contributed by atoms with Crippen molar-refractivity contribution in [3.8, 4) is 0 Å². The van der Waals surface area contributed by atoms with E-state index >= 15 is 0 Å². The van der Waals surface area contributed by atoms with E-state index in [2.05, 4.69) is 15.3 Å². The Labute approximate surface area is 123 Å². The van der Waals surface area contributed by atoms with Crippen molar-refractivity contribution in [1.29, 1.82) is 0 Å². The predicted octanol–water partition coefficient (Wildman–Crippen LogP) is 2.20. The number of hydrogen-bond donors (Lipinski definition) is 1. The normalized spacial score (nSPS) is 11.0. The van der Waals surface area contributed by atoms with Crippen LogP contribution in [0.25, 0.3) is 11.0 Å². The maximum atomic E-state index is 13.1. The van der Waals surface area contributed by atoms with Crippen molar-refractivity contribution in [3.05, 3.63) is 46.0 Å². The first-order valence-electron chi connectivity index (χ1n) is 6.08. The number of nitrogens with zero attached hydrogens (tertiary/aromatic N) is 4. The van der Waals surface area contributed by atoms with E-state index in [-0.39, 0.29) is 16.5 Å². The Morgan fingerprint density at radius 3 is 2.71 bits per heavy atom. The molecule has 1 N–H and O–H groups in total. The largest absolute Gasteiger partial charge is 0.339 e. The molecule has 0 aliphatic rings. The Hall–Kier alpha value is -2.41. The van der Waals surface area contributed by atoms with Crippen LogP contribution in [0.1, 0.15) is 0 Å². The third kappa shape index (κ3) is 2.25. The highest BCUT2D eigenvalue weighted by Crippen LogP contribution is 2.24. The number of hydrogen-bond acceptors (Lipinski definition) is 4. The molecule has 3 aromatic rings. The Bertz CT molecular complexity index is 901. The number of benzene rings is 1. The first-order valence-corrected chi connectivity index (χ1v) is 6.45. The van der Waals surface area contributed by atoms with Gasteiger partial charge in [0.15, 0.2) is 5.82 Å². The van der Waals surface area contributed by atoms with Crippen LogP contribution in [0.4, 0.5) is 15.9 Å². The van der Waals surface area contributed by atoms with Crippen LogP contribution in [0.3, 0.4) is 0 Å². The van der Waals surface area contributed by atoms with Gasteiger partial charge in [0.25, 0.3) is 0 Å². The maximum absolute atomic E-state index is 13.1. The molecule has 2 aromatic heterocycles. The molecule has 1 aromatic carbocycles. The third-order valence-corrected chi connectivity index (χ3v) is 3.53. The smallest absolute Gasteiger partial charge is 0.328 e. The van der Waals surface area contributed by atoms with E-state index in [0.717, 1.165) is 11.0 Å². The van der Waals surface area contributed by atoms with E-state index in [0.29, 0.717) is 5.69 Å². The van der Waals surface area contributed by atoms with Crippen LogP contribution in [0.5, 0.6) is 0 Å². The number of fused-ring (bicyclic) bond motifs is 1. The van der Waals surface area contributed by atoms with Gasteiger partial charge in [-0.05, 0) is 18.2 Å². The number of anilines is 2. The summed E-state index contributed by atoms with van der Waals surface area (Å²) in [5.74, 6) is 0.171. The predicted molar refractivity (Wildman–Crippen MR) is 78.4 cm³/mol. The number of halogens is 2. The fraction of sp³-hybridized carbons (Fsp3) is 0.154. The van der Waals surface area contributed by atoms with Crippen molar-refractivity contribution < 1.29 is 4.39 Å². The molecule has 0 radical (unpaired) electrons. The number of aryl methyl sites for hydroxylation is 2. The zero-order valence-corrected chi connectivity index (χ0v) is 12.0. The van der Waals surface area contributed by atoms with Crippen LogP contribution < -0.4 is 11.0 Å². The summed E-state index contributed by atoms with van der Waals surface area (Å²) in [4.78, 5) is 18.8. The summed E-state index contributed by atoms with van der Waals surface area (Å²) in [5.41, 5.74) is 2.07. The van der Waals surface area contributed by atoms with Gasteiger partial charge in [-0.2, -0.15) is 9.37 Å². The molecule has 0 atom stereocenters.